The lowest BCUT2D eigenvalue weighted by Gasteiger charge is -2.36. The molecule has 4 rings (SSSR count). The van der Waals surface area contributed by atoms with E-state index in [4.69, 9.17) is 0 Å². The van der Waals surface area contributed by atoms with Crippen molar-refractivity contribution >= 4 is 0 Å². The van der Waals surface area contributed by atoms with E-state index in [1.165, 1.54) is 36.1 Å². The Bertz CT molecular complexity index is 849. The van der Waals surface area contributed by atoms with Crippen molar-refractivity contribution in [2.45, 2.75) is 31.8 Å². The minimum absolute atomic E-state index is 0.233. The predicted molar refractivity (Wildman–Crippen MR) is 101 cm³/mol. The SMILES string of the molecule is Fc1cccc(-c2ccc(C3CCCCN3Cc3cccnc3)cn2)c1. The maximum absolute atomic E-state index is 13.4. The summed E-state index contributed by atoms with van der Waals surface area (Å²) in [5.41, 5.74) is 4.09. The number of pyridine rings is 2. The zero-order valence-electron chi connectivity index (χ0n) is 14.7. The van der Waals surface area contributed by atoms with Gasteiger partial charge in [0, 0.05) is 36.7 Å². The normalized spacial score (nSPS) is 18.0. The molecular weight excluding hydrogens is 325 g/mol. The molecular formula is C22H22FN3. The van der Waals surface area contributed by atoms with Crippen molar-refractivity contribution in [1.29, 1.82) is 0 Å². The van der Waals surface area contributed by atoms with Gasteiger partial charge in [0.15, 0.2) is 0 Å². The summed E-state index contributed by atoms with van der Waals surface area (Å²) in [7, 11) is 0. The predicted octanol–water partition coefficient (Wildman–Crippen LogP) is 5.01. The zero-order chi connectivity index (χ0) is 17.8. The molecule has 1 saturated heterocycles. The van der Waals surface area contributed by atoms with E-state index in [9.17, 15) is 4.39 Å². The number of hydrogen-bond donors (Lipinski definition) is 0. The van der Waals surface area contributed by atoms with Crippen molar-refractivity contribution in [2.75, 3.05) is 6.54 Å². The van der Waals surface area contributed by atoms with Gasteiger partial charge in [-0.3, -0.25) is 14.9 Å². The van der Waals surface area contributed by atoms with Crippen molar-refractivity contribution in [1.82, 2.24) is 14.9 Å². The number of hydrogen-bond acceptors (Lipinski definition) is 3. The fourth-order valence-corrected chi connectivity index (χ4v) is 3.70. The summed E-state index contributed by atoms with van der Waals surface area (Å²) in [5, 5.41) is 0. The summed E-state index contributed by atoms with van der Waals surface area (Å²) >= 11 is 0. The number of nitrogens with zero attached hydrogens (tertiary/aromatic N) is 3. The van der Waals surface area contributed by atoms with Crippen molar-refractivity contribution < 1.29 is 4.39 Å². The smallest absolute Gasteiger partial charge is 0.123 e. The summed E-state index contributed by atoms with van der Waals surface area (Å²) < 4.78 is 13.4. The number of piperidine rings is 1. The minimum atomic E-state index is -0.233. The molecule has 1 fully saturated rings. The molecule has 1 aliphatic rings. The van der Waals surface area contributed by atoms with Gasteiger partial charge in [-0.05, 0) is 54.8 Å². The van der Waals surface area contributed by atoms with Gasteiger partial charge in [0.1, 0.15) is 5.82 Å². The number of halogens is 1. The topological polar surface area (TPSA) is 29.0 Å². The van der Waals surface area contributed by atoms with E-state index in [2.05, 4.69) is 27.0 Å². The molecule has 3 heterocycles. The van der Waals surface area contributed by atoms with E-state index in [1.54, 1.807) is 6.07 Å². The van der Waals surface area contributed by atoms with Crippen molar-refractivity contribution in [3.8, 4) is 11.3 Å². The fraction of sp³-hybridized carbons (Fsp3) is 0.273. The zero-order valence-corrected chi connectivity index (χ0v) is 14.7. The van der Waals surface area contributed by atoms with Crippen LogP contribution >= 0.6 is 0 Å². The average Bonchev–Trinajstić information content (AvgIpc) is 2.69. The van der Waals surface area contributed by atoms with Crippen LogP contribution in [0, 0.1) is 5.82 Å². The Balaban J connectivity index is 1.54. The van der Waals surface area contributed by atoms with Gasteiger partial charge < -0.3 is 0 Å². The van der Waals surface area contributed by atoms with Crippen molar-refractivity contribution in [3.05, 3.63) is 84.1 Å². The van der Waals surface area contributed by atoms with E-state index in [1.807, 2.05) is 36.8 Å². The third-order valence-corrected chi connectivity index (χ3v) is 5.01. The summed E-state index contributed by atoms with van der Waals surface area (Å²) in [6.45, 7) is 2.00. The summed E-state index contributed by atoms with van der Waals surface area (Å²) in [5.74, 6) is -0.233. The van der Waals surface area contributed by atoms with E-state index in [-0.39, 0.29) is 5.82 Å². The molecule has 3 nitrogen and oxygen atoms in total. The second kappa shape index (κ2) is 7.75. The highest BCUT2D eigenvalue weighted by molar-refractivity contribution is 5.59. The monoisotopic (exact) mass is 347 g/mol. The van der Waals surface area contributed by atoms with Gasteiger partial charge in [0.25, 0.3) is 0 Å². The Morgan fingerprint density at radius 3 is 2.77 bits per heavy atom. The molecule has 0 amide bonds. The van der Waals surface area contributed by atoms with Crippen LogP contribution in [0.25, 0.3) is 11.3 Å². The standard InChI is InChI=1S/C22H22FN3/c23-20-7-3-6-18(13-20)21-10-9-19(15-25-21)22-8-1-2-12-26(22)16-17-5-4-11-24-14-17/h3-7,9-11,13-15,22H,1-2,8,12,16H2. The Kier molecular flexibility index (Phi) is 5.02. The van der Waals surface area contributed by atoms with Crippen LogP contribution in [-0.4, -0.2) is 21.4 Å². The lowest BCUT2D eigenvalue weighted by atomic mass is 9.95. The molecule has 1 unspecified atom stereocenters. The van der Waals surface area contributed by atoms with Gasteiger partial charge in [-0.15, -0.1) is 0 Å². The average molecular weight is 347 g/mol. The fourth-order valence-electron chi connectivity index (χ4n) is 3.70. The van der Waals surface area contributed by atoms with Crippen LogP contribution in [0.1, 0.15) is 36.4 Å². The molecule has 0 saturated carbocycles. The molecule has 26 heavy (non-hydrogen) atoms. The molecule has 1 atom stereocenters. The highest BCUT2D eigenvalue weighted by Gasteiger charge is 2.24. The highest BCUT2D eigenvalue weighted by Crippen LogP contribution is 2.32. The third-order valence-electron chi connectivity index (χ3n) is 5.01. The van der Waals surface area contributed by atoms with Crippen molar-refractivity contribution in [2.24, 2.45) is 0 Å². The molecule has 1 aliphatic heterocycles. The second-order valence-electron chi connectivity index (χ2n) is 6.83. The maximum atomic E-state index is 13.4. The molecule has 0 N–H and O–H groups in total. The maximum Gasteiger partial charge on any atom is 0.123 e. The lowest BCUT2D eigenvalue weighted by Crippen LogP contribution is -2.33. The van der Waals surface area contributed by atoms with E-state index < -0.39 is 0 Å². The van der Waals surface area contributed by atoms with E-state index in [0.29, 0.717) is 6.04 Å². The second-order valence-corrected chi connectivity index (χ2v) is 6.83. The van der Waals surface area contributed by atoms with Crippen LogP contribution in [0.3, 0.4) is 0 Å². The molecule has 1 aromatic carbocycles. The molecule has 2 aromatic heterocycles. The largest absolute Gasteiger partial charge is 0.292 e. The van der Waals surface area contributed by atoms with Crippen LogP contribution in [0.2, 0.25) is 0 Å². The van der Waals surface area contributed by atoms with Gasteiger partial charge in [0.2, 0.25) is 0 Å². The Hall–Kier alpha value is -2.59. The summed E-state index contributed by atoms with van der Waals surface area (Å²) in [4.78, 5) is 11.3. The molecule has 0 aliphatic carbocycles. The Morgan fingerprint density at radius 1 is 1.04 bits per heavy atom. The quantitative estimate of drug-likeness (QED) is 0.664. The number of aromatic nitrogens is 2. The molecule has 0 spiro atoms. The van der Waals surface area contributed by atoms with Gasteiger partial charge in [-0.2, -0.15) is 0 Å². The lowest BCUT2D eigenvalue weighted by molar-refractivity contribution is 0.140. The number of likely N-dealkylation sites (tertiary alicyclic amines) is 1. The molecule has 0 bridgehead atoms. The summed E-state index contributed by atoms with van der Waals surface area (Å²) in [6, 6.07) is 15.2. The van der Waals surface area contributed by atoms with E-state index in [0.717, 1.165) is 30.8 Å². The molecule has 4 heteroatoms. The van der Waals surface area contributed by atoms with Gasteiger partial charge in [-0.25, -0.2) is 4.39 Å². The van der Waals surface area contributed by atoms with Gasteiger partial charge >= 0.3 is 0 Å². The van der Waals surface area contributed by atoms with Crippen LogP contribution in [0.4, 0.5) is 4.39 Å². The first-order chi connectivity index (χ1) is 12.8. The Labute approximate surface area is 153 Å². The van der Waals surface area contributed by atoms with Crippen LogP contribution < -0.4 is 0 Å². The number of rotatable bonds is 4. The van der Waals surface area contributed by atoms with Crippen molar-refractivity contribution in [3.63, 3.8) is 0 Å². The molecule has 3 aromatic rings. The van der Waals surface area contributed by atoms with Crippen LogP contribution in [-0.2, 0) is 6.54 Å². The van der Waals surface area contributed by atoms with Crippen LogP contribution in [0.5, 0.6) is 0 Å². The first kappa shape index (κ1) is 16.9. The molecule has 0 radical (unpaired) electrons. The highest BCUT2D eigenvalue weighted by atomic mass is 19.1. The minimum Gasteiger partial charge on any atom is -0.292 e. The third kappa shape index (κ3) is 3.81. The Morgan fingerprint density at radius 2 is 2.00 bits per heavy atom. The van der Waals surface area contributed by atoms with Gasteiger partial charge in [0.05, 0.1) is 5.69 Å². The number of benzene rings is 1. The first-order valence-electron chi connectivity index (χ1n) is 9.14. The molecule has 132 valence electrons. The first-order valence-corrected chi connectivity index (χ1v) is 9.14. The summed E-state index contributed by atoms with van der Waals surface area (Å²) in [6.07, 6.45) is 9.31. The van der Waals surface area contributed by atoms with Crippen LogP contribution in [0.15, 0.2) is 67.1 Å². The van der Waals surface area contributed by atoms with E-state index >= 15 is 0 Å². The van der Waals surface area contributed by atoms with Gasteiger partial charge in [-0.1, -0.05) is 30.7 Å².